The number of benzene rings is 2. The minimum atomic E-state index is -0.610. The van der Waals surface area contributed by atoms with Crippen LogP contribution in [0.4, 0.5) is 9.59 Å². The third-order valence-electron chi connectivity index (χ3n) is 11.1. The number of carbonyl (C=O) groups excluding carboxylic acids is 2. The van der Waals surface area contributed by atoms with Crippen molar-refractivity contribution >= 4 is 35.4 Å². The SMILES string of the molecule is CC1C(C)C1N(C(=O)OC(C)(C)C)C(C)c1nc(-c2ccc(-c3ccc(-c4nc(C5CC6C(C)C6N5C(=O)OC(C)(C)C)[nH]c4Cl)cc3)cc2)c(Cl)[nH]1. The molecule has 7 unspecified atom stereocenters. The van der Waals surface area contributed by atoms with E-state index in [0.717, 1.165) is 28.7 Å². The van der Waals surface area contributed by atoms with Crippen molar-refractivity contribution in [3.05, 3.63) is 70.5 Å². The lowest BCUT2D eigenvalue weighted by Gasteiger charge is -2.31. The van der Waals surface area contributed by atoms with Crippen LogP contribution >= 0.6 is 23.2 Å². The standard InChI is InChI=1S/C41H50Cl2N6O4/c1-20-21(2)32(20)48(38(50)52-40(5,6)7)23(4)36-44-30(34(42)46-36)26-15-11-24(12-16-26)25-13-17-27(18-14-25)31-35(43)47-37(45-31)29-19-28-22(3)33(28)49(29)39(51)53-41(8,9)10/h11-18,20-23,28-29,32-33H,19H2,1-10H3,(H,44,46)(H,45,47). The molecule has 2 amide bonds. The van der Waals surface area contributed by atoms with E-state index in [0.29, 0.717) is 57.0 Å². The van der Waals surface area contributed by atoms with Gasteiger partial charge in [-0.2, -0.15) is 0 Å². The number of carbonyl (C=O) groups is 2. The fourth-order valence-electron chi connectivity index (χ4n) is 7.97. The van der Waals surface area contributed by atoms with Crippen LogP contribution in [0.5, 0.6) is 0 Å². The average Bonchev–Trinajstić information content (AvgIpc) is 3.57. The van der Waals surface area contributed by atoms with Gasteiger partial charge in [0.25, 0.3) is 0 Å². The Morgan fingerprint density at radius 1 is 0.774 bits per heavy atom. The molecule has 282 valence electrons. The number of rotatable bonds is 7. The summed E-state index contributed by atoms with van der Waals surface area (Å²) in [5.41, 5.74) is 3.86. The first-order valence-corrected chi connectivity index (χ1v) is 19.3. The Balaban J connectivity index is 1.06. The van der Waals surface area contributed by atoms with Crippen molar-refractivity contribution in [2.75, 3.05) is 0 Å². The van der Waals surface area contributed by atoms with E-state index in [9.17, 15) is 9.59 Å². The topological polar surface area (TPSA) is 116 Å². The molecule has 0 spiro atoms. The van der Waals surface area contributed by atoms with Crippen LogP contribution < -0.4 is 0 Å². The molecule has 0 radical (unpaired) electrons. The van der Waals surface area contributed by atoms with Gasteiger partial charge in [-0.15, -0.1) is 0 Å². The predicted octanol–water partition coefficient (Wildman–Crippen LogP) is 10.7. The number of aromatic amines is 2. The van der Waals surface area contributed by atoms with Gasteiger partial charge in [-0.25, -0.2) is 19.6 Å². The number of halogens is 2. The molecule has 1 saturated heterocycles. The normalized spacial score (nSPS) is 25.5. The summed E-state index contributed by atoms with van der Waals surface area (Å²) < 4.78 is 11.6. The lowest BCUT2D eigenvalue weighted by atomic mass is 10.0. The molecule has 0 bridgehead atoms. The first-order valence-electron chi connectivity index (χ1n) is 18.6. The maximum absolute atomic E-state index is 13.3. The molecule has 2 N–H and O–H groups in total. The number of hydrogen-bond acceptors (Lipinski definition) is 6. The van der Waals surface area contributed by atoms with E-state index < -0.39 is 11.2 Å². The molecular weight excluding hydrogens is 711 g/mol. The van der Waals surface area contributed by atoms with Gasteiger partial charge in [0, 0.05) is 23.2 Å². The highest BCUT2D eigenvalue weighted by Gasteiger charge is 2.62. The predicted molar refractivity (Wildman–Crippen MR) is 208 cm³/mol. The third kappa shape index (κ3) is 7.29. The van der Waals surface area contributed by atoms with E-state index >= 15 is 0 Å². The van der Waals surface area contributed by atoms with E-state index in [4.69, 9.17) is 42.6 Å². The number of hydrogen-bond donors (Lipinski definition) is 2. The highest BCUT2D eigenvalue weighted by molar-refractivity contribution is 6.32. The molecular formula is C41H50Cl2N6O4. The summed E-state index contributed by atoms with van der Waals surface area (Å²) in [5.74, 6) is 2.92. The van der Waals surface area contributed by atoms with Crippen molar-refractivity contribution in [3.8, 4) is 33.6 Å². The maximum atomic E-state index is 13.3. The number of aromatic nitrogens is 4. The van der Waals surface area contributed by atoms with E-state index in [1.807, 2.05) is 102 Å². The van der Waals surface area contributed by atoms with Crippen LogP contribution in [0.3, 0.4) is 0 Å². The summed E-state index contributed by atoms with van der Waals surface area (Å²) in [6, 6.07) is 15.8. The Hall–Kier alpha value is -4.02. The minimum Gasteiger partial charge on any atom is -0.444 e. The van der Waals surface area contributed by atoms with E-state index in [2.05, 4.69) is 30.7 Å². The van der Waals surface area contributed by atoms with Gasteiger partial charge in [0.2, 0.25) is 0 Å². The zero-order valence-corrected chi connectivity index (χ0v) is 33.6. The molecule has 3 fully saturated rings. The smallest absolute Gasteiger partial charge is 0.411 e. The van der Waals surface area contributed by atoms with E-state index in [1.165, 1.54) is 0 Å². The molecule has 10 nitrogen and oxygen atoms in total. The first-order chi connectivity index (χ1) is 24.8. The third-order valence-corrected chi connectivity index (χ3v) is 11.6. The van der Waals surface area contributed by atoms with Gasteiger partial charge in [0.15, 0.2) is 0 Å². The lowest BCUT2D eigenvalue weighted by molar-refractivity contribution is 0.0124. The van der Waals surface area contributed by atoms with Gasteiger partial charge in [0.1, 0.15) is 44.5 Å². The van der Waals surface area contributed by atoms with Crippen molar-refractivity contribution in [3.63, 3.8) is 0 Å². The second-order valence-electron chi connectivity index (χ2n) is 17.1. The van der Waals surface area contributed by atoms with Crippen molar-refractivity contribution < 1.29 is 19.1 Å². The van der Waals surface area contributed by atoms with Gasteiger partial charge in [-0.1, -0.05) is 92.5 Å². The molecule has 7 atom stereocenters. The highest BCUT2D eigenvalue weighted by Crippen LogP contribution is 2.58. The van der Waals surface area contributed by atoms with Crippen molar-refractivity contribution in [2.24, 2.45) is 23.7 Å². The second-order valence-corrected chi connectivity index (χ2v) is 17.9. The van der Waals surface area contributed by atoms with Gasteiger partial charge in [0.05, 0.1) is 12.1 Å². The summed E-state index contributed by atoms with van der Waals surface area (Å²) in [5, 5.41) is 0.855. The Bertz CT molecular complexity index is 2000. The molecule has 2 aliphatic carbocycles. The largest absolute Gasteiger partial charge is 0.444 e. The van der Waals surface area contributed by atoms with Crippen LogP contribution in [0.1, 0.15) is 99.4 Å². The molecule has 4 aromatic rings. The maximum Gasteiger partial charge on any atom is 0.411 e. The fourth-order valence-corrected chi connectivity index (χ4v) is 8.46. The Labute approximate surface area is 322 Å². The number of likely N-dealkylation sites (tertiary alicyclic amines) is 1. The van der Waals surface area contributed by atoms with Gasteiger partial charge < -0.3 is 19.4 Å². The Morgan fingerprint density at radius 2 is 1.26 bits per heavy atom. The molecule has 12 heteroatoms. The monoisotopic (exact) mass is 760 g/mol. The summed E-state index contributed by atoms with van der Waals surface area (Å²) in [6.07, 6.45) is 0.169. The van der Waals surface area contributed by atoms with Crippen molar-refractivity contribution in [2.45, 2.75) is 111 Å². The molecule has 7 rings (SSSR count). The van der Waals surface area contributed by atoms with Gasteiger partial charge >= 0.3 is 12.2 Å². The lowest BCUT2D eigenvalue weighted by Crippen LogP contribution is -2.41. The minimum absolute atomic E-state index is 0.0696. The molecule has 2 aromatic heterocycles. The van der Waals surface area contributed by atoms with Crippen LogP contribution in [-0.4, -0.2) is 65.2 Å². The Morgan fingerprint density at radius 3 is 1.77 bits per heavy atom. The number of nitrogens with zero attached hydrogens (tertiary/aromatic N) is 4. The highest BCUT2D eigenvalue weighted by atomic mass is 35.5. The number of amides is 2. The first kappa shape index (κ1) is 37.3. The Kier molecular flexibility index (Phi) is 9.41. The van der Waals surface area contributed by atoms with Gasteiger partial charge in [-0.05, 0) is 89.7 Å². The summed E-state index contributed by atoms with van der Waals surface area (Å²) >= 11 is 13.4. The second kappa shape index (κ2) is 13.4. The number of ether oxygens (including phenoxy) is 2. The zero-order valence-electron chi connectivity index (χ0n) is 32.1. The summed E-state index contributed by atoms with van der Waals surface area (Å²) in [6.45, 7) is 19.7. The van der Waals surface area contributed by atoms with E-state index in [-0.39, 0.29) is 36.4 Å². The average molecular weight is 762 g/mol. The van der Waals surface area contributed by atoms with E-state index in [1.54, 1.807) is 4.90 Å². The molecule has 2 aromatic carbocycles. The zero-order chi connectivity index (χ0) is 38.3. The van der Waals surface area contributed by atoms with Crippen molar-refractivity contribution in [1.29, 1.82) is 0 Å². The van der Waals surface area contributed by atoms with Crippen LogP contribution in [0.2, 0.25) is 10.3 Å². The number of nitrogens with one attached hydrogen (secondary N) is 2. The quantitative estimate of drug-likeness (QED) is 0.194. The molecule has 2 saturated carbocycles. The fraction of sp³-hybridized carbons (Fsp3) is 0.512. The van der Waals surface area contributed by atoms with Crippen LogP contribution in [0, 0.1) is 23.7 Å². The number of piperidine rings is 1. The molecule has 3 heterocycles. The summed E-state index contributed by atoms with van der Waals surface area (Å²) in [4.78, 5) is 46.5. The van der Waals surface area contributed by atoms with Crippen LogP contribution in [-0.2, 0) is 9.47 Å². The van der Waals surface area contributed by atoms with Crippen LogP contribution in [0.15, 0.2) is 48.5 Å². The summed E-state index contributed by atoms with van der Waals surface area (Å²) in [7, 11) is 0. The van der Waals surface area contributed by atoms with Crippen molar-refractivity contribution in [1.82, 2.24) is 29.7 Å². The molecule has 3 aliphatic rings. The molecule has 1 aliphatic heterocycles. The number of imidazole rings is 2. The van der Waals surface area contributed by atoms with Crippen LogP contribution in [0.25, 0.3) is 33.6 Å². The molecule has 53 heavy (non-hydrogen) atoms. The number of fused-ring (bicyclic) bond motifs is 1. The van der Waals surface area contributed by atoms with Gasteiger partial charge in [-0.3, -0.25) is 9.80 Å². The number of H-pyrrole nitrogens is 2.